The van der Waals surface area contributed by atoms with E-state index in [1.54, 1.807) is 37.3 Å². The number of anilines is 1. The highest BCUT2D eigenvalue weighted by atomic mass is 32.2. The molecule has 0 radical (unpaired) electrons. The number of nitrogens with one attached hydrogen (secondary N) is 1. The average molecular weight is 386 g/mol. The summed E-state index contributed by atoms with van der Waals surface area (Å²) in [5, 5.41) is 13.2. The van der Waals surface area contributed by atoms with Crippen molar-refractivity contribution in [2.75, 3.05) is 5.43 Å². The van der Waals surface area contributed by atoms with E-state index < -0.39 is 32.3 Å². The molecule has 0 amide bonds. The van der Waals surface area contributed by atoms with E-state index in [0.29, 0.717) is 16.7 Å². The lowest BCUT2D eigenvalue weighted by Gasteiger charge is -2.16. The molecule has 9 heteroatoms. The van der Waals surface area contributed by atoms with Crippen molar-refractivity contribution in [3.63, 3.8) is 0 Å². The molecule has 8 nitrogen and oxygen atoms in total. The van der Waals surface area contributed by atoms with Crippen LogP contribution in [0.3, 0.4) is 0 Å². The van der Waals surface area contributed by atoms with Gasteiger partial charge in [-0.25, -0.2) is 4.79 Å². The quantitative estimate of drug-likeness (QED) is 0.416. The summed E-state index contributed by atoms with van der Waals surface area (Å²) in [5.41, 5.74) is 3.27. The number of aliphatic carboxylic acids is 1. The standard InChI is InChI=1S/C18H14N2O6S/c1-10-6-7-14(15(8-10)27(24,25)26)19-20-16-12-5-3-2-4-11(12)9-13(17(16)21)18(22)23/h2-9,19H,1H3,(H,22,23)(H,24,25,26). The summed E-state index contributed by atoms with van der Waals surface area (Å²) in [5.74, 6) is -2.20. The van der Waals surface area contributed by atoms with E-state index >= 15 is 0 Å². The zero-order valence-electron chi connectivity index (χ0n) is 14.0. The largest absolute Gasteiger partial charge is 0.478 e. The second kappa shape index (κ2) is 6.78. The molecular formula is C18H14N2O6S. The number of hydrazone groups is 1. The minimum atomic E-state index is -4.53. The Balaban J connectivity index is 2.10. The number of fused-ring (bicyclic) bond motifs is 1. The number of rotatable bonds is 4. The number of hydrogen-bond donors (Lipinski definition) is 3. The van der Waals surface area contributed by atoms with Crippen LogP contribution < -0.4 is 5.43 Å². The van der Waals surface area contributed by atoms with Crippen molar-refractivity contribution in [2.45, 2.75) is 11.8 Å². The molecule has 0 aromatic heterocycles. The van der Waals surface area contributed by atoms with Crippen molar-refractivity contribution in [3.05, 3.63) is 64.7 Å². The summed E-state index contributed by atoms with van der Waals surface area (Å²) >= 11 is 0. The van der Waals surface area contributed by atoms with E-state index in [0.717, 1.165) is 0 Å². The van der Waals surface area contributed by atoms with Crippen molar-refractivity contribution >= 4 is 39.3 Å². The van der Waals surface area contributed by atoms with Gasteiger partial charge in [-0.2, -0.15) is 13.5 Å². The zero-order valence-corrected chi connectivity index (χ0v) is 14.8. The Kier molecular flexibility index (Phi) is 4.64. The van der Waals surface area contributed by atoms with Gasteiger partial charge in [0, 0.05) is 5.56 Å². The number of carboxylic acids is 1. The maximum absolute atomic E-state index is 12.5. The van der Waals surface area contributed by atoms with Gasteiger partial charge < -0.3 is 5.11 Å². The lowest BCUT2D eigenvalue weighted by Crippen LogP contribution is -2.27. The number of carboxylic acid groups (broad SMARTS) is 1. The molecule has 1 aliphatic carbocycles. The van der Waals surface area contributed by atoms with Crippen LogP contribution in [0, 0.1) is 6.92 Å². The van der Waals surface area contributed by atoms with Crippen molar-refractivity contribution < 1.29 is 27.7 Å². The van der Waals surface area contributed by atoms with Gasteiger partial charge in [-0.15, -0.1) is 0 Å². The summed E-state index contributed by atoms with van der Waals surface area (Å²) in [6, 6.07) is 10.8. The highest BCUT2D eigenvalue weighted by Gasteiger charge is 2.30. The number of nitrogens with zero attached hydrogens (tertiary/aromatic N) is 1. The second-order valence-corrected chi connectivity index (χ2v) is 7.22. The summed E-state index contributed by atoms with van der Waals surface area (Å²) < 4.78 is 32.5. The molecule has 0 atom stereocenters. The first-order valence-electron chi connectivity index (χ1n) is 7.69. The van der Waals surface area contributed by atoms with Crippen molar-refractivity contribution in [3.8, 4) is 0 Å². The van der Waals surface area contributed by atoms with Crippen LogP contribution in [0.2, 0.25) is 0 Å². The molecule has 3 rings (SSSR count). The molecule has 0 saturated carbocycles. The summed E-state index contributed by atoms with van der Waals surface area (Å²) in [6.07, 6.45) is 1.26. The van der Waals surface area contributed by atoms with E-state index in [1.807, 2.05) is 0 Å². The van der Waals surface area contributed by atoms with Crippen molar-refractivity contribution in [2.24, 2.45) is 5.10 Å². The molecule has 0 heterocycles. The van der Waals surface area contributed by atoms with Crippen LogP contribution in [-0.4, -0.2) is 35.5 Å². The van der Waals surface area contributed by atoms with Gasteiger partial charge in [0.1, 0.15) is 16.2 Å². The van der Waals surface area contributed by atoms with E-state index in [4.69, 9.17) is 0 Å². The van der Waals surface area contributed by atoms with Crippen LogP contribution in [-0.2, 0) is 19.7 Å². The van der Waals surface area contributed by atoms with Gasteiger partial charge in [0.15, 0.2) is 0 Å². The molecule has 0 fully saturated rings. The highest BCUT2D eigenvalue weighted by Crippen LogP contribution is 2.25. The van der Waals surface area contributed by atoms with Crippen LogP contribution in [0.15, 0.2) is 58.0 Å². The topological polar surface area (TPSA) is 133 Å². The predicted octanol–water partition coefficient (Wildman–Crippen LogP) is 2.11. The van der Waals surface area contributed by atoms with Crippen molar-refractivity contribution in [1.82, 2.24) is 0 Å². The molecule has 3 N–H and O–H groups in total. The second-order valence-electron chi connectivity index (χ2n) is 5.83. The van der Waals surface area contributed by atoms with E-state index in [1.165, 1.54) is 18.2 Å². The number of benzene rings is 2. The molecule has 138 valence electrons. The van der Waals surface area contributed by atoms with Gasteiger partial charge in [-0.3, -0.25) is 14.8 Å². The Morgan fingerprint density at radius 2 is 1.85 bits per heavy atom. The SMILES string of the molecule is Cc1ccc(NN=C2C(=O)C(C(=O)O)=Cc3ccccc32)c(S(=O)(=O)O)c1. The Morgan fingerprint density at radius 3 is 2.52 bits per heavy atom. The fraction of sp³-hybridized carbons (Fsp3) is 0.0556. The van der Waals surface area contributed by atoms with E-state index in [-0.39, 0.29) is 11.4 Å². The minimum Gasteiger partial charge on any atom is -0.478 e. The molecule has 0 aliphatic heterocycles. The first-order chi connectivity index (χ1) is 12.7. The van der Waals surface area contributed by atoms with Gasteiger partial charge >= 0.3 is 5.97 Å². The third kappa shape index (κ3) is 3.64. The van der Waals surface area contributed by atoms with Gasteiger partial charge in [0.2, 0.25) is 5.78 Å². The summed E-state index contributed by atoms with van der Waals surface area (Å²) in [6.45, 7) is 1.65. The first-order valence-corrected chi connectivity index (χ1v) is 9.13. The maximum Gasteiger partial charge on any atom is 0.339 e. The molecule has 2 aromatic carbocycles. The summed E-state index contributed by atoms with van der Waals surface area (Å²) in [4.78, 5) is 23.4. The lowest BCUT2D eigenvalue weighted by molar-refractivity contribution is -0.133. The number of hydrogen-bond acceptors (Lipinski definition) is 6. The predicted molar refractivity (Wildman–Crippen MR) is 98.2 cm³/mol. The van der Waals surface area contributed by atoms with Crippen LogP contribution >= 0.6 is 0 Å². The van der Waals surface area contributed by atoms with Gasteiger partial charge in [-0.1, -0.05) is 30.3 Å². The van der Waals surface area contributed by atoms with Gasteiger partial charge in [-0.05, 0) is 36.3 Å². The number of aryl methyl sites for hydroxylation is 1. The number of Topliss-reactive ketones (excluding diaryl/α,β-unsaturated/α-hetero) is 1. The van der Waals surface area contributed by atoms with Gasteiger partial charge in [0.05, 0.1) is 5.69 Å². The maximum atomic E-state index is 12.5. The smallest absolute Gasteiger partial charge is 0.339 e. The Bertz CT molecular complexity index is 1130. The normalized spacial score (nSPS) is 15.3. The molecule has 27 heavy (non-hydrogen) atoms. The molecular weight excluding hydrogens is 372 g/mol. The first kappa shape index (κ1) is 18.5. The minimum absolute atomic E-state index is 0.0488. The van der Waals surface area contributed by atoms with Crippen LogP contribution in [0.1, 0.15) is 16.7 Å². The fourth-order valence-corrected chi connectivity index (χ4v) is 3.36. The van der Waals surface area contributed by atoms with Crippen molar-refractivity contribution in [1.29, 1.82) is 0 Å². The van der Waals surface area contributed by atoms with E-state index in [9.17, 15) is 27.7 Å². The lowest BCUT2D eigenvalue weighted by atomic mass is 9.89. The Morgan fingerprint density at radius 1 is 1.15 bits per heavy atom. The van der Waals surface area contributed by atoms with Crippen LogP contribution in [0.25, 0.3) is 6.08 Å². The molecule has 0 saturated heterocycles. The number of carbonyl (C=O) groups excluding carboxylic acids is 1. The average Bonchev–Trinajstić information content (AvgIpc) is 2.60. The molecule has 0 spiro atoms. The fourth-order valence-electron chi connectivity index (χ4n) is 2.63. The van der Waals surface area contributed by atoms with Crippen LogP contribution in [0.4, 0.5) is 5.69 Å². The monoisotopic (exact) mass is 386 g/mol. The van der Waals surface area contributed by atoms with Gasteiger partial charge in [0.25, 0.3) is 10.1 Å². The molecule has 1 aliphatic rings. The Labute approximate surface area is 154 Å². The molecule has 0 bridgehead atoms. The molecule has 0 unspecified atom stereocenters. The third-order valence-corrected chi connectivity index (χ3v) is 4.80. The highest BCUT2D eigenvalue weighted by molar-refractivity contribution is 7.86. The number of ketones is 1. The number of carbonyl (C=O) groups is 2. The molecule has 2 aromatic rings. The van der Waals surface area contributed by atoms with E-state index in [2.05, 4.69) is 10.5 Å². The zero-order chi connectivity index (χ0) is 19.8. The Hall–Kier alpha value is -3.30. The summed E-state index contributed by atoms with van der Waals surface area (Å²) in [7, 11) is -4.53. The third-order valence-electron chi connectivity index (χ3n) is 3.91. The van der Waals surface area contributed by atoms with Crippen LogP contribution in [0.5, 0.6) is 0 Å².